The third-order valence-corrected chi connectivity index (χ3v) is 6.16. The molecule has 29 heavy (non-hydrogen) atoms. The molecule has 1 aliphatic heterocycles. The number of halogens is 3. The molecule has 8 nitrogen and oxygen atoms in total. The van der Waals surface area contributed by atoms with Crippen molar-refractivity contribution in [2.75, 3.05) is 53.4 Å². The topological polar surface area (TPSA) is 86.3 Å². The molecule has 0 saturated carbocycles. The van der Waals surface area contributed by atoms with Crippen molar-refractivity contribution < 1.29 is 26.3 Å². The van der Waals surface area contributed by atoms with Gasteiger partial charge in [0, 0.05) is 38.8 Å². The largest absolute Gasteiger partial charge is 0.511 e. The van der Waals surface area contributed by atoms with Crippen LogP contribution < -0.4 is 10.6 Å². The Balaban J connectivity index is 2.64. The molecule has 2 N–H and O–H groups in total. The van der Waals surface area contributed by atoms with Gasteiger partial charge in [0.15, 0.2) is 5.96 Å². The number of hydrogen-bond acceptors (Lipinski definition) is 5. The van der Waals surface area contributed by atoms with Crippen LogP contribution in [0.1, 0.15) is 33.1 Å². The predicted molar refractivity (Wildman–Crippen MR) is 107 cm³/mol. The lowest BCUT2D eigenvalue weighted by molar-refractivity contribution is -0.0494. The molecule has 1 aliphatic rings. The van der Waals surface area contributed by atoms with E-state index in [4.69, 9.17) is 4.74 Å². The van der Waals surface area contributed by atoms with Crippen molar-refractivity contribution in [1.82, 2.24) is 19.8 Å². The summed E-state index contributed by atoms with van der Waals surface area (Å²) >= 11 is 0. The van der Waals surface area contributed by atoms with Crippen LogP contribution in [0.15, 0.2) is 4.99 Å². The van der Waals surface area contributed by atoms with E-state index in [2.05, 4.69) is 20.5 Å². The molecule has 0 bridgehead atoms. The summed E-state index contributed by atoms with van der Waals surface area (Å²) in [4.78, 5) is 6.62. The fraction of sp³-hybridized carbons (Fsp3) is 0.941. The van der Waals surface area contributed by atoms with E-state index in [1.54, 1.807) is 0 Å². The van der Waals surface area contributed by atoms with Crippen LogP contribution in [0.2, 0.25) is 0 Å². The molecule has 0 aliphatic carbocycles. The van der Waals surface area contributed by atoms with Crippen molar-refractivity contribution in [2.24, 2.45) is 4.99 Å². The average Bonchev–Trinajstić information content (AvgIpc) is 2.63. The summed E-state index contributed by atoms with van der Waals surface area (Å²) in [6, 6.07) is -0.153. The van der Waals surface area contributed by atoms with Gasteiger partial charge in [-0.05, 0) is 47.2 Å². The molecule has 1 saturated heterocycles. The Morgan fingerprint density at radius 2 is 1.90 bits per heavy atom. The number of rotatable bonds is 10. The zero-order valence-corrected chi connectivity index (χ0v) is 18.4. The second kappa shape index (κ2) is 11.9. The van der Waals surface area contributed by atoms with Crippen LogP contribution in [-0.2, 0) is 14.8 Å². The smallest absolute Gasteiger partial charge is 0.377 e. The quantitative estimate of drug-likeness (QED) is 0.388. The molecule has 12 heteroatoms. The second-order valence-electron chi connectivity index (χ2n) is 7.16. The number of nitrogens with one attached hydrogen (secondary N) is 2. The molecule has 1 fully saturated rings. The van der Waals surface area contributed by atoms with Crippen LogP contribution in [-0.4, -0.2) is 94.7 Å². The van der Waals surface area contributed by atoms with E-state index >= 15 is 0 Å². The molecule has 172 valence electrons. The summed E-state index contributed by atoms with van der Waals surface area (Å²) in [5, 5.41) is 6.32. The summed E-state index contributed by atoms with van der Waals surface area (Å²) in [6.45, 7) is 6.04. The highest BCUT2D eigenvalue weighted by Crippen LogP contribution is 2.28. The Kier molecular flexibility index (Phi) is 10.7. The monoisotopic (exact) mass is 445 g/mol. The third-order valence-electron chi connectivity index (χ3n) is 4.53. The normalized spacial score (nSPS) is 18.8. The van der Waals surface area contributed by atoms with Crippen molar-refractivity contribution >= 4 is 16.0 Å². The van der Waals surface area contributed by atoms with Crippen molar-refractivity contribution in [3.63, 3.8) is 0 Å². The minimum atomic E-state index is -5.26. The van der Waals surface area contributed by atoms with Crippen LogP contribution in [0, 0.1) is 0 Å². The van der Waals surface area contributed by atoms with Gasteiger partial charge in [-0.25, -0.2) is 8.42 Å². The SMILES string of the molecule is CCNC(=NCC(CCN(C)C)OCC)NC1CCN(S(=O)(=O)C(F)(F)F)CC1. The fourth-order valence-corrected chi connectivity index (χ4v) is 3.94. The molecule has 0 spiro atoms. The van der Waals surface area contributed by atoms with Gasteiger partial charge in [0.25, 0.3) is 0 Å². The van der Waals surface area contributed by atoms with Crippen molar-refractivity contribution in [1.29, 1.82) is 0 Å². The molecular weight excluding hydrogens is 411 g/mol. The lowest BCUT2D eigenvalue weighted by Crippen LogP contribution is -2.51. The van der Waals surface area contributed by atoms with Gasteiger partial charge in [-0.1, -0.05) is 0 Å². The van der Waals surface area contributed by atoms with E-state index in [9.17, 15) is 21.6 Å². The van der Waals surface area contributed by atoms with Gasteiger partial charge in [-0.2, -0.15) is 17.5 Å². The minimum Gasteiger partial charge on any atom is -0.377 e. The first-order valence-electron chi connectivity index (χ1n) is 9.88. The Morgan fingerprint density at radius 3 is 2.38 bits per heavy atom. The van der Waals surface area contributed by atoms with Gasteiger partial charge < -0.3 is 20.3 Å². The first-order valence-corrected chi connectivity index (χ1v) is 11.3. The standard InChI is InChI=1S/C17H34F3N5O3S/c1-5-21-16(22-13-15(28-6-2)9-10-24(3)4)23-14-7-11-25(12-8-14)29(26,27)17(18,19)20/h14-15H,5-13H2,1-4H3,(H2,21,22,23). The molecule has 0 aromatic heterocycles. The number of piperidine rings is 1. The second-order valence-corrected chi connectivity index (χ2v) is 9.09. The average molecular weight is 446 g/mol. The number of hydrogen-bond donors (Lipinski definition) is 2. The molecule has 0 amide bonds. The minimum absolute atomic E-state index is 0.0309. The molecule has 1 unspecified atom stereocenters. The van der Waals surface area contributed by atoms with E-state index < -0.39 is 15.5 Å². The van der Waals surface area contributed by atoms with Crippen LogP contribution in [0.4, 0.5) is 13.2 Å². The number of ether oxygens (including phenoxy) is 1. The summed E-state index contributed by atoms with van der Waals surface area (Å²) in [5.41, 5.74) is -5.26. The zero-order valence-electron chi connectivity index (χ0n) is 17.6. The summed E-state index contributed by atoms with van der Waals surface area (Å²) < 4.78 is 67.3. The summed E-state index contributed by atoms with van der Waals surface area (Å²) in [6.07, 6.45) is 1.35. The number of aliphatic imine (C=N–C) groups is 1. The third kappa shape index (κ3) is 8.65. The molecule has 0 aromatic rings. The van der Waals surface area contributed by atoms with Gasteiger partial charge >= 0.3 is 15.5 Å². The van der Waals surface area contributed by atoms with E-state index in [1.165, 1.54) is 0 Å². The van der Waals surface area contributed by atoms with Crippen LogP contribution in [0.3, 0.4) is 0 Å². The summed E-state index contributed by atoms with van der Waals surface area (Å²) in [7, 11) is -1.28. The first kappa shape index (κ1) is 25.9. The lowest BCUT2D eigenvalue weighted by Gasteiger charge is -2.32. The highest BCUT2D eigenvalue weighted by molar-refractivity contribution is 7.90. The summed E-state index contributed by atoms with van der Waals surface area (Å²) in [5.74, 6) is 0.555. The fourth-order valence-electron chi connectivity index (χ4n) is 2.96. The molecule has 1 rings (SSSR count). The Morgan fingerprint density at radius 1 is 1.28 bits per heavy atom. The van der Waals surface area contributed by atoms with E-state index in [0.29, 0.717) is 30.0 Å². The molecule has 1 heterocycles. The number of guanidine groups is 1. The van der Waals surface area contributed by atoms with Gasteiger partial charge in [-0.3, -0.25) is 4.99 Å². The van der Waals surface area contributed by atoms with Crippen molar-refractivity contribution in [3.8, 4) is 0 Å². The maximum atomic E-state index is 12.7. The van der Waals surface area contributed by atoms with Crippen molar-refractivity contribution in [3.05, 3.63) is 0 Å². The Labute approximate surface area is 171 Å². The Hall–Kier alpha value is -1.11. The highest BCUT2D eigenvalue weighted by Gasteiger charge is 2.50. The first-order chi connectivity index (χ1) is 13.5. The number of nitrogens with zero attached hydrogens (tertiary/aromatic N) is 3. The van der Waals surface area contributed by atoms with Gasteiger partial charge in [0.05, 0.1) is 12.6 Å². The maximum absolute atomic E-state index is 12.7. The van der Waals surface area contributed by atoms with E-state index in [1.807, 2.05) is 27.9 Å². The van der Waals surface area contributed by atoms with E-state index in [-0.39, 0.29) is 38.1 Å². The van der Waals surface area contributed by atoms with Crippen LogP contribution >= 0.6 is 0 Å². The Bertz CT molecular complexity index is 606. The van der Waals surface area contributed by atoms with Crippen LogP contribution in [0.25, 0.3) is 0 Å². The van der Waals surface area contributed by atoms with Gasteiger partial charge in [0.2, 0.25) is 0 Å². The molecule has 1 atom stereocenters. The van der Waals surface area contributed by atoms with Crippen molar-refractivity contribution in [2.45, 2.75) is 50.8 Å². The molecular formula is C17H34F3N5O3S. The molecule has 0 radical (unpaired) electrons. The number of alkyl halides is 3. The lowest BCUT2D eigenvalue weighted by atomic mass is 10.1. The zero-order chi connectivity index (χ0) is 22.1. The number of sulfonamides is 1. The predicted octanol–water partition coefficient (Wildman–Crippen LogP) is 1.21. The highest BCUT2D eigenvalue weighted by atomic mass is 32.2. The van der Waals surface area contributed by atoms with E-state index in [0.717, 1.165) is 13.0 Å². The molecule has 0 aromatic carbocycles. The van der Waals surface area contributed by atoms with Gasteiger partial charge in [0.1, 0.15) is 0 Å². The van der Waals surface area contributed by atoms with Crippen LogP contribution in [0.5, 0.6) is 0 Å². The van der Waals surface area contributed by atoms with Gasteiger partial charge in [-0.15, -0.1) is 0 Å². The maximum Gasteiger partial charge on any atom is 0.511 e.